The molecule has 0 aliphatic heterocycles. The summed E-state index contributed by atoms with van der Waals surface area (Å²) in [6, 6.07) is 8.60. The van der Waals surface area contributed by atoms with Gasteiger partial charge in [0.15, 0.2) is 9.84 Å². The first-order valence-corrected chi connectivity index (χ1v) is 6.46. The van der Waals surface area contributed by atoms with Crippen molar-refractivity contribution in [2.45, 2.75) is 4.90 Å². The molecule has 0 saturated heterocycles. The van der Waals surface area contributed by atoms with Gasteiger partial charge in [0.25, 0.3) is 0 Å². The number of para-hydroxylation sites is 1. The summed E-state index contributed by atoms with van der Waals surface area (Å²) in [5.74, 6) is 0. The van der Waals surface area contributed by atoms with Crippen LogP contribution in [-0.4, -0.2) is 18.6 Å². The van der Waals surface area contributed by atoms with Crippen LogP contribution in [0.25, 0.3) is 10.9 Å². The maximum absolute atomic E-state index is 11.6. The van der Waals surface area contributed by atoms with E-state index in [1.807, 2.05) is 12.1 Å². The summed E-state index contributed by atoms with van der Waals surface area (Å²) in [5.41, 5.74) is 0.473. The molecule has 0 aliphatic carbocycles. The van der Waals surface area contributed by atoms with Gasteiger partial charge in [0.05, 0.1) is 10.4 Å². The van der Waals surface area contributed by atoms with Crippen molar-refractivity contribution in [3.63, 3.8) is 0 Å². The van der Waals surface area contributed by atoms with Crippen molar-refractivity contribution >= 4 is 32.3 Å². The number of aromatic nitrogens is 1. The highest BCUT2D eigenvalue weighted by atomic mass is 35.5. The Balaban J connectivity index is 2.83. The highest BCUT2D eigenvalue weighted by molar-refractivity contribution is 7.92. The van der Waals surface area contributed by atoms with E-state index in [0.717, 1.165) is 5.39 Å². The molecule has 3 nitrogen and oxygen atoms in total. The fourth-order valence-electron chi connectivity index (χ4n) is 1.39. The minimum Gasteiger partial charge on any atom is -0.255 e. The molecule has 0 saturated carbocycles. The van der Waals surface area contributed by atoms with Gasteiger partial charge in [0, 0.05) is 11.6 Å². The molecule has 1 aromatic heterocycles. The fraction of sp³-hybridized carbons (Fsp3) is 0.100. The van der Waals surface area contributed by atoms with Crippen LogP contribution in [0.1, 0.15) is 0 Å². The molecule has 0 atom stereocenters. The third kappa shape index (κ3) is 1.82. The van der Waals surface area contributed by atoms with Crippen molar-refractivity contribution in [3.05, 3.63) is 36.5 Å². The minimum atomic E-state index is -3.42. The Bertz CT molecular complexity index is 590. The van der Waals surface area contributed by atoms with Crippen LogP contribution in [0.15, 0.2) is 41.4 Å². The van der Waals surface area contributed by atoms with Crippen LogP contribution in [-0.2, 0) is 9.84 Å². The summed E-state index contributed by atoms with van der Waals surface area (Å²) >= 11 is 5.41. The molecule has 2 aromatic rings. The molecule has 0 fully saturated rings. The number of sulfone groups is 1. The van der Waals surface area contributed by atoms with Gasteiger partial charge in [-0.15, -0.1) is 11.6 Å². The van der Waals surface area contributed by atoms with Crippen molar-refractivity contribution in [2.75, 3.05) is 5.21 Å². The van der Waals surface area contributed by atoms with Gasteiger partial charge in [0.2, 0.25) is 0 Å². The van der Waals surface area contributed by atoms with E-state index < -0.39 is 15.0 Å². The largest absolute Gasteiger partial charge is 0.255 e. The number of hydrogen-bond acceptors (Lipinski definition) is 3. The maximum atomic E-state index is 11.6. The number of nitrogens with zero attached hydrogens (tertiary/aromatic N) is 1. The van der Waals surface area contributed by atoms with Gasteiger partial charge in [0.1, 0.15) is 5.21 Å². The number of pyridine rings is 1. The second kappa shape index (κ2) is 3.79. The third-order valence-electron chi connectivity index (χ3n) is 2.07. The molecule has 0 aliphatic rings. The summed E-state index contributed by atoms with van der Waals surface area (Å²) in [6.07, 6.45) is 1.57. The normalized spacial score (nSPS) is 11.8. The standard InChI is InChI=1S/C10H8ClNO2S/c11-7-15(13,14)9-5-1-3-8-4-2-6-12-10(8)9/h1-6H,7H2. The SMILES string of the molecule is O=S(=O)(CCl)c1cccc2cccnc12. The lowest BCUT2D eigenvalue weighted by Gasteiger charge is -2.03. The Hall–Kier alpha value is -1.13. The van der Waals surface area contributed by atoms with Crippen molar-refractivity contribution in [1.82, 2.24) is 4.98 Å². The molecule has 0 radical (unpaired) electrons. The van der Waals surface area contributed by atoms with Crippen LogP contribution in [0.2, 0.25) is 0 Å². The number of rotatable bonds is 2. The number of alkyl halides is 1. The molecular weight excluding hydrogens is 234 g/mol. The fourth-order valence-corrected chi connectivity index (χ4v) is 2.61. The predicted octanol–water partition coefficient (Wildman–Crippen LogP) is 2.20. The molecule has 0 N–H and O–H groups in total. The number of benzene rings is 1. The van der Waals surface area contributed by atoms with Crippen LogP contribution in [0, 0.1) is 0 Å². The molecule has 78 valence electrons. The minimum absolute atomic E-state index is 0.190. The molecule has 0 spiro atoms. The van der Waals surface area contributed by atoms with Gasteiger partial charge in [-0.3, -0.25) is 4.98 Å². The van der Waals surface area contributed by atoms with Crippen molar-refractivity contribution in [3.8, 4) is 0 Å². The Morgan fingerprint density at radius 1 is 1.20 bits per heavy atom. The molecule has 15 heavy (non-hydrogen) atoms. The van der Waals surface area contributed by atoms with Gasteiger partial charge in [-0.2, -0.15) is 0 Å². The predicted molar refractivity (Wildman–Crippen MR) is 59.6 cm³/mol. The summed E-state index contributed by atoms with van der Waals surface area (Å²) in [7, 11) is -3.42. The lowest BCUT2D eigenvalue weighted by Crippen LogP contribution is -2.03. The molecule has 0 bridgehead atoms. The first-order valence-electron chi connectivity index (χ1n) is 4.27. The zero-order valence-corrected chi connectivity index (χ0v) is 9.29. The summed E-state index contributed by atoms with van der Waals surface area (Å²) in [5, 5.41) is 0.367. The third-order valence-corrected chi connectivity index (χ3v) is 4.22. The Kier molecular flexibility index (Phi) is 2.63. The Morgan fingerprint density at radius 3 is 2.67 bits per heavy atom. The number of fused-ring (bicyclic) bond motifs is 1. The molecule has 1 heterocycles. The van der Waals surface area contributed by atoms with E-state index in [9.17, 15) is 8.42 Å². The first kappa shape index (κ1) is 10.4. The van der Waals surface area contributed by atoms with Gasteiger partial charge in [-0.1, -0.05) is 18.2 Å². The summed E-state index contributed by atoms with van der Waals surface area (Å²) in [4.78, 5) is 4.25. The monoisotopic (exact) mass is 241 g/mol. The lowest BCUT2D eigenvalue weighted by atomic mass is 10.2. The average molecular weight is 242 g/mol. The molecule has 0 amide bonds. The van der Waals surface area contributed by atoms with Crippen LogP contribution >= 0.6 is 11.6 Å². The van der Waals surface area contributed by atoms with Crippen molar-refractivity contribution < 1.29 is 8.42 Å². The van der Waals surface area contributed by atoms with Crippen LogP contribution < -0.4 is 0 Å². The van der Waals surface area contributed by atoms with E-state index in [-0.39, 0.29) is 4.90 Å². The highest BCUT2D eigenvalue weighted by Crippen LogP contribution is 2.21. The van der Waals surface area contributed by atoms with Gasteiger partial charge >= 0.3 is 0 Å². The van der Waals surface area contributed by atoms with Crippen molar-refractivity contribution in [1.29, 1.82) is 0 Å². The zero-order valence-electron chi connectivity index (χ0n) is 7.72. The van der Waals surface area contributed by atoms with Crippen molar-refractivity contribution in [2.24, 2.45) is 0 Å². The van der Waals surface area contributed by atoms with Crippen LogP contribution in [0.3, 0.4) is 0 Å². The van der Waals surface area contributed by atoms with Gasteiger partial charge < -0.3 is 0 Å². The van der Waals surface area contributed by atoms with Crippen LogP contribution in [0.4, 0.5) is 0 Å². The summed E-state index contributed by atoms with van der Waals surface area (Å²) in [6.45, 7) is 0. The second-order valence-electron chi connectivity index (χ2n) is 3.06. The Labute approximate surface area is 92.6 Å². The topological polar surface area (TPSA) is 47.0 Å². The lowest BCUT2D eigenvalue weighted by molar-refractivity contribution is 0.601. The quantitative estimate of drug-likeness (QED) is 0.758. The van der Waals surface area contributed by atoms with Gasteiger partial charge in [-0.25, -0.2) is 8.42 Å². The molecule has 2 rings (SSSR count). The van der Waals surface area contributed by atoms with E-state index in [1.165, 1.54) is 6.07 Å². The molecule has 5 heteroatoms. The summed E-state index contributed by atoms with van der Waals surface area (Å²) < 4.78 is 23.3. The average Bonchev–Trinajstić information content (AvgIpc) is 2.28. The molecule has 1 aromatic carbocycles. The second-order valence-corrected chi connectivity index (χ2v) is 5.60. The number of halogens is 1. The maximum Gasteiger partial charge on any atom is 0.194 e. The smallest absolute Gasteiger partial charge is 0.194 e. The molecular formula is C10H8ClNO2S. The van der Waals surface area contributed by atoms with E-state index in [1.54, 1.807) is 18.3 Å². The van der Waals surface area contributed by atoms with E-state index >= 15 is 0 Å². The number of hydrogen-bond donors (Lipinski definition) is 0. The van der Waals surface area contributed by atoms with Crippen LogP contribution in [0.5, 0.6) is 0 Å². The van der Waals surface area contributed by atoms with Gasteiger partial charge in [-0.05, 0) is 12.1 Å². The van der Waals surface area contributed by atoms with E-state index in [2.05, 4.69) is 4.98 Å². The van der Waals surface area contributed by atoms with E-state index in [4.69, 9.17) is 11.6 Å². The Morgan fingerprint density at radius 2 is 1.93 bits per heavy atom. The molecule has 0 unspecified atom stereocenters. The highest BCUT2D eigenvalue weighted by Gasteiger charge is 2.16. The first-order chi connectivity index (χ1) is 7.15. The van der Waals surface area contributed by atoms with E-state index in [0.29, 0.717) is 5.52 Å². The zero-order chi connectivity index (χ0) is 10.9.